The molecule has 0 fully saturated rings. The molecule has 0 unspecified atom stereocenters. The third-order valence-corrected chi connectivity index (χ3v) is 3.84. The molecule has 0 aliphatic rings. The summed E-state index contributed by atoms with van der Waals surface area (Å²) in [5, 5.41) is 5.53. The highest BCUT2D eigenvalue weighted by Gasteiger charge is 2.07. The molecule has 1 aromatic heterocycles. The van der Waals surface area contributed by atoms with E-state index in [-0.39, 0.29) is 18.4 Å². The Kier molecular flexibility index (Phi) is 5.96. The van der Waals surface area contributed by atoms with Crippen LogP contribution in [0.25, 0.3) is 0 Å². The highest BCUT2D eigenvalue weighted by Crippen LogP contribution is 2.15. The van der Waals surface area contributed by atoms with Gasteiger partial charge in [0.15, 0.2) is 0 Å². The quantitative estimate of drug-likeness (QED) is 0.675. The van der Waals surface area contributed by atoms with Crippen LogP contribution in [0.2, 0.25) is 0 Å². The van der Waals surface area contributed by atoms with E-state index in [1.165, 1.54) is 7.11 Å². The van der Waals surface area contributed by atoms with Crippen LogP contribution in [0.15, 0.2) is 67.3 Å². The lowest BCUT2D eigenvalue weighted by atomic mass is 10.1. The Bertz CT molecular complexity index is 888. The van der Waals surface area contributed by atoms with Crippen LogP contribution >= 0.6 is 0 Å². The molecule has 0 bridgehead atoms. The van der Waals surface area contributed by atoms with E-state index in [0.717, 1.165) is 5.56 Å². The van der Waals surface area contributed by atoms with Crippen molar-refractivity contribution in [2.24, 2.45) is 0 Å². The van der Waals surface area contributed by atoms with Gasteiger partial charge in [-0.1, -0.05) is 12.1 Å². The standard InChI is InChI=1S/C20H20N4O3/c1-27-13-19(25)22-17-6-8-18(9-7-17)23-20(26)16-4-2-15(3-5-16)12-24-11-10-21-14-24/h2-11,14H,12-13H2,1H3,(H,22,25)(H,23,26). The number of hydrogen-bond donors (Lipinski definition) is 2. The zero-order valence-electron chi connectivity index (χ0n) is 14.9. The van der Waals surface area contributed by atoms with E-state index >= 15 is 0 Å². The van der Waals surface area contributed by atoms with Crippen LogP contribution in [0.5, 0.6) is 0 Å². The van der Waals surface area contributed by atoms with Gasteiger partial charge in [0.25, 0.3) is 5.91 Å². The summed E-state index contributed by atoms with van der Waals surface area (Å²) in [6.07, 6.45) is 5.38. The third kappa shape index (κ3) is 5.26. The number of methoxy groups -OCH3 is 1. The first-order valence-corrected chi connectivity index (χ1v) is 8.39. The fraction of sp³-hybridized carbons (Fsp3) is 0.150. The first-order chi connectivity index (χ1) is 13.1. The van der Waals surface area contributed by atoms with Crippen molar-refractivity contribution in [3.63, 3.8) is 0 Å². The van der Waals surface area contributed by atoms with Crippen LogP contribution in [0, 0.1) is 0 Å². The summed E-state index contributed by atoms with van der Waals surface area (Å²) < 4.78 is 6.73. The molecular formula is C20H20N4O3. The maximum atomic E-state index is 12.4. The zero-order valence-corrected chi connectivity index (χ0v) is 14.9. The number of carbonyl (C=O) groups excluding carboxylic acids is 2. The van der Waals surface area contributed by atoms with Crippen LogP contribution < -0.4 is 10.6 Å². The molecule has 0 aliphatic heterocycles. The Morgan fingerprint density at radius 1 is 1.00 bits per heavy atom. The summed E-state index contributed by atoms with van der Waals surface area (Å²) in [6.45, 7) is 0.702. The SMILES string of the molecule is COCC(=O)Nc1ccc(NC(=O)c2ccc(Cn3ccnc3)cc2)cc1. The van der Waals surface area contributed by atoms with Crippen molar-refractivity contribution in [1.29, 1.82) is 0 Å². The van der Waals surface area contributed by atoms with Crippen LogP contribution in [0.4, 0.5) is 11.4 Å². The first kappa shape index (κ1) is 18.3. The molecule has 0 radical (unpaired) electrons. The van der Waals surface area contributed by atoms with Crippen LogP contribution in [-0.4, -0.2) is 35.1 Å². The molecule has 138 valence electrons. The molecule has 0 aliphatic carbocycles. The topological polar surface area (TPSA) is 85.3 Å². The molecule has 0 atom stereocenters. The van der Waals surface area contributed by atoms with E-state index in [1.807, 2.05) is 22.9 Å². The van der Waals surface area contributed by atoms with E-state index in [1.54, 1.807) is 48.9 Å². The molecule has 2 N–H and O–H groups in total. The minimum absolute atomic E-state index is 0.00463. The molecule has 0 spiro atoms. The summed E-state index contributed by atoms with van der Waals surface area (Å²) in [6, 6.07) is 14.3. The predicted molar refractivity (Wildman–Crippen MR) is 103 cm³/mol. The predicted octanol–water partition coefficient (Wildman–Crippen LogP) is 2.77. The van der Waals surface area contributed by atoms with Gasteiger partial charge in [0.05, 0.1) is 6.33 Å². The second-order valence-corrected chi connectivity index (χ2v) is 5.94. The van der Waals surface area contributed by atoms with E-state index < -0.39 is 0 Å². The maximum Gasteiger partial charge on any atom is 0.255 e. The molecule has 7 nitrogen and oxygen atoms in total. The smallest absolute Gasteiger partial charge is 0.255 e. The first-order valence-electron chi connectivity index (χ1n) is 8.39. The normalized spacial score (nSPS) is 10.4. The second kappa shape index (κ2) is 8.77. The number of ether oxygens (including phenoxy) is 1. The minimum atomic E-state index is -0.231. The minimum Gasteiger partial charge on any atom is -0.375 e. The lowest BCUT2D eigenvalue weighted by molar-refractivity contribution is -0.119. The van der Waals surface area contributed by atoms with Crippen LogP contribution in [0.1, 0.15) is 15.9 Å². The van der Waals surface area contributed by atoms with Gasteiger partial charge in [-0.2, -0.15) is 0 Å². The summed E-state index contributed by atoms with van der Waals surface area (Å²) in [4.78, 5) is 27.9. The van der Waals surface area contributed by atoms with Crippen molar-refractivity contribution >= 4 is 23.2 Å². The van der Waals surface area contributed by atoms with Crippen LogP contribution in [-0.2, 0) is 16.1 Å². The number of nitrogens with zero attached hydrogens (tertiary/aromatic N) is 2. The van der Waals surface area contributed by atoms with Gasteiger partial charge < -0.3 is 19.9 Å². The van der Waals surface area contributed by atoms with Crippen molar-refractivity contribution in [3.05, 3.63) is 78.4 Å². The monoisotopic (exact) mass is 364 g/mol. The van der Waals surface area contributed by atoms with Gasteiger partial charge in [-0.3, -0.25) is 9.59 Å². The average Bonchev–Trinajstić information content (AvgIpc) is 3.17. The van der Waals surface area contributed by atoms with Gasteiger partial charge >= 0.3 is 0 Å². The molecular weight excluding hydrogens is 344 g/mol. The number of hydrogen-bond acceptors (Lipinski definition) is 4. The van der Waals surface area contributed by atoms with Gasteiger partial charge in [-0.15, -0.1) is 0 Å². The van der Waals surface area contributed by atoms with E-state index in [4.69, 9.17) is 4.74 Å². The number of amides is 2. The van der Waals surface area contributed by atoms with Crippen molar-refractivity contribution < 1.29 is 14.3 Å². The molecule has 0 saturated heterocycles. The Labute approximate surface area is 157 Å². The van der Waals surface area contributed by atoms with Gasteiger partial charge in [-0.05, 0) is 42.0 Å². The average molecular weight is 364 g/mol. The molecule has 1 heterocycles. The third-order valence-electron chi connectivity index (χ3n) is 3.84. The van der Waals surface area contributed by atoms with Crippen molar-refractivity contribution in [1.82, 2.24) is 9.55 Å². The Hall–Kier alpha value is -3.45. The number of nitrogens with one attached hydrogen (secondary N) is 2. The lowest BCUT2D eigenvalue weighted by Gasteiger charge is -2.08. The Morgan fingerprint density at radius 2 is 1.67 bits per heavy atom. The molecule has 7 heteroatoms. The van der Waals surface area contributed by atoms with Gasteiger partial charge in [0.1, 0.15) is 6.61 Å². The fourth-order valence-corrected chi connectivity index (χ4v) is 2.52. The molecule has 3 rings (SSSR count). The number of anilines is 2. The van der Waals surface area contributed by atoms with Gasteiger partial charge in [-0.25, -0.2) is 4.98 Å². The zero-order chi connectivity index (χ0) is 19.1. The van der Waals surface area contributed by atoms with Crippen molar-refractivity contribution in [2.75, 3.05) is 24.4 Å². The highest BCUT2D eigenvalue weighted by atomic mass is 16.5. The van der Waals surface area contributed by atoms with E-state index in [2.05, 4.69) is 15.6 Å². The largest absolute Gasteiger partial charge is 0.375 e. The number of benzene rings is 2. The molecule has 2 aromatic carbocycles. The summed E-state index contributed by atoms with van der Waals surface area (Å²) in [5.41, 5.74) is 2.94. The molecule has 3 aromatic rings. The lowest BCUT2D eigenvalue weighted by Crippen LogP contribution is -2.17. The molecule has 2 amide bonds. The summed E-state index contributed by atoms with van der Waals surface area (Å²) in [5.74, 6) is -0.426. The van der Waals surface area contributed by atoms with Gasteiger partial charge in [0.2, 0.25) is 5.91 Å². The molecule has 27 heavy (non-hydrogen) atoms. The van der Waals surface area contributed by atoms with E-state index in [0.29, 0.717) is 23.5 Å². The Balaban J connectivity index is 1.57. The van der Waals surface area contributed by atoms with Crippen molar-refractivity contribution in [2.45, 2.75) is 6.54 Å². The molecule has 0 saturated carbocycles. The number of carbonyl (C=O) groups is 2. The summed E-state index contributed by atoms with van der Waals surface area (Å²) in [7, 11) is 1.46. The number of aromatic nitrogens is 2. The summed E-state index contributed by atoms with van der Waals surface area (Å²) >= 11 is 0. The van der Waals surface area contributed by atoms with Crippen molar-refractivity contribution in [3.8, 4) is 0 Å². The number of rotatable bonds is 7. The van der Waals surface area contributed by atoms with Crippen LogP contribution in [0.3, 0.4) is 0 Å². The highest BCUT2D eigenvalue weighted by molar-refractivity contribution is 6.04. The van der Waals surface area contributed by atoms with E-state index in [9.17, 15) is 9.59 Å². The van der Waals surface area contributed by atoms with Gasteiger partial charge in [0, 0.05) is 43.0 Å². The fourth-order valence-electron chi connectivity index (χ4n) is 2.52. The second-order valence-electron chi connectivity index (χ2n) is 5.94. The Morgan fingerprint density at radius 3 is 2.26 bits per heavy atom. The number of imidazole rings is 1. The maximum absolute atomic E-state index is 12.4.